The number of carbonyl (C=O) groups excluding carboxylic acids is 1. The summed E-state index contributed by atoms with van der Waals surface area (Å²) >= 11 is 1.61. The Morgan fingerprint density at radius 3 is 2.72 bits per heavy atom. The van der Waals surface area contributed by atoms with Crippen molar-refractivity contribution in [1.82, 2.24) is 5.32 Å². The number of rotatable bonds is 2. The smallest absolute Gasteiger partial charge is 0.242 e. The van der Waals surface area contributed by atoms with Gasteiger partial charge in [0.05, 0.1) is 6.04 Å². The van der Waals surface area contributed by atoms with Crippen molar-refractivity contribution < 1.29 is 4.79 Å². The minimum Gasteiger partial charge on any atom is -0.304 e. The zero-order chi connectivity index (χ0) is 12.9. The van der Waals surface area contributed by atoms with Crippen molar-refractivity contribution in [3.63, 3.8) is 0 Å². The second-order valence-electron chi connectivity index (χ2n) is 6.10. The lowest BCUT2D eigenvalue weighted by molar-refractivity contribution is -0.122. The van der Waals surface area contributed by atoms with E-state index in [0.29, 0.717) is 17.9 Å². The first-order valence-electron chi connectivity index (χ1n) is 6.75. The van der Waals surface area contributed by atoms with Gasteiger partial charge in [0.25, 0.3) is 0 Å². The second-order valence-corrected chi connectivity index (χ2v) is 7.54. The number of carbonyl (C=O) groups is 1. The van der Waals surface area contributed by atoms with Crippen LogP contribution in [0, 0.1) is 17.8 Å². The van der Waals surface area contributed by atoms with E-state index in [1.807, 2.05) is 6.92 Å². The maximum Gasteiger partial charge on any atom is 0.242 e. The molecule has 98 valence electrons. The highest BCUT2D eigenvalue weighted by Crippen LogP contribution is 2.43. The first-order chi connectivity index (χ1) is 8.49. The van der Waals surface area contributed by atoms with E-state index in [2.05, 4.69) is 31.3 Å². The number of nitrogens with one attached hydrogen (secondary N) is 1. The quantitative estimate of drug-likeness (QED) is 0.779. The lowest BCUT2D eigenvalue weighted by Gasteiger charge is -2.23. The zero-order valence-corrected chi connectivity index (χ0v) is 12.0. The molecular weight excluding hydrogens is 244 g/mol. The number of amidine groups is 1. The molecule has 3 aliphatic rings. The number of nitrogens with zero attached hydrogens (tertiary/aromatic N) is 1. The molecule has 18 heavy (non-hydrogen) atoms. The summed E-state index contributed by atoms with van der Waals surface area (Å²) in [5.41, 5.74) is 0. The van der Waals surface area contributed by atoms with Crippen molar-refractivity contribution in [2.75, 3.05) is 0 Å². The van der Waals surface area contributed by atoms with Crippen molar-refractivity contribution in [3.05, 3.63) is 12.2 Å². The fourth-order valence-corrected chi connectivity index (χ4v) is 4.10. The Kier molecular flexibility index (Phi) is 2.81. The van der Waals surface area contributed by atoms with E-state index in [0.717, 1.165) is 17.5 Å². The lowest BCUT2D eigenvalue weighted by Crippen LogP contribution is -2.38. The third kappa shape index (κ3) is 1.81. The molecule has 1 aliphatic heterocycles. The molecule has 2 bridgehead atoms. The molecular formula is C14H20N2OS. The number of amides is 1. The van der Waals surface area contributed by atoms with Gasteiger partial charge in [0.15, 0.2) is 5.17 Å². The Morgan fingerprint density at radius 1 is 1.44 bits per heavy atom. The molecule has 0 aromatic rings. The highest BCUT2D eigenvalue weighted by Gasteiger charge is 2.45. The minimum atomic E-state index is -0.355. The zero-order valence-electron chi connectivity index (χ0n) is 11.1. The van der Waals surface area contributed by atoms with Gasteiger partial charge in [-0.05, 0) is 37.5 Å². The van der Waals surface area contributed by atoms with Crippen LogP contribution >= 0.6 is 11.8 Å². The van der Waals surface area contributed by atoms with Crippen LogP contribution in [0.4, 0.5) is 0 Å². The maximum absolute atomic E-state index is 12.1. The molecule has 1 amide bonds. The van der Waals surface area contributed by atoms with Gasteiger partial charge in [-0.15, -0.1) is 0 Å². The van der Waals surface area contributed by atoms with Crippen LogP contribution in [0.2, 0.25) is 0 Å². The maximum atomic E-state index is 12.1. The van der Waals surface area contributed by atoms with Gasteiger partial charge >= 0.3 is 0 Å². The van der Waals surface area contributed by atoms with E-state index in [4.69, 9.17) is 4.99 Å². The average Bonchev–Trinajstić information content (AvgIpc) is 2.95. The molecule has 1 saturated heterocycles. The Hall–Kier alpha value is -0.770. The number of hydrogen-bond donors (Lipinski definition) is 1. The Morgan fingerprint density at radius 2 is 2.22 bits per heavy atom. The molecule has 2 aliphatic carbocycles. The van der Waals surface area contributed by atoms with Crippen LogP contribution in [0.5, 0.6) is 0 Å². The first-order valence-corrected chi connectivity index (χ1v) is 7.57. The molecule has 0 spiro atoms. The van der Waals surface area contributed by atoms with E-state index in [9.17, 15) is 4.79 Å². The summed E-state index contributed by atoms with van der Waals surface area (Å²) in [6, 6.07) is 0.386. The van der Waals surface area contributed by atoms with E-state index in [1.54, 1.807) is 11.8 Å². The number of hydrogen-bond acceptors (Lipinski definition) is 3. The van der Waals surface area contributed by atoms with Crippen LogP contribution < -0.4 is 5.32 Å². The molecule has 4 atom stereocenters. The van der Waals surface area contributed by atoms with Gasteiger partial charge in [-0.2, -0.15) is 0 Å². The molecule has 4 heteroatoms. The molecule has 0 radical (unpaired) electrons. The standard InChI is InChI=1S/C14H20N2OS/c1-8(2)14(3)12(17)16-13(18-14)15-11-7-9-4-5-10(11)6-9/h4-5,8-11H,6-7H2,1-3H3,(H,15,16,17)/t9?,10?,11?,14-/m0/s1. The summed E-state index contributed by atoms with van der Waals surface area (Å²) in [7, 11) is 0. The summed E-state index contributed by atoms with van der Waals surface area (Å²) in [6.07, 6.45) is 7.02. The monoisotopic (exact) mass is 264 g/mol. The highest BCUT2D eigenvalue weighted by atomic mass is 32.2. The Bertz CT molecular complexity index is 443. The molecule has 1 saturated carbocycles. The van der Waals surface area contributed by atoms with Gasteiger partial charge in [0.1, 0.15) is 4.75 Å². The summed E-state index contributed by atoms with van der Waals surface area (Å²) in [6.45, 7) is 6.20. The molecule has 0 aromatic heterocycles. The van der Waals surface area contributed by atoms with Crippen molar-refractivity contribution in [2.45, 2.75) is 44.4 Å². The largest absolute Gasteiger partial charge is 0.304 e. The van der Waals surface area contributed by atoms with Gasteiger partial charge in [-0.1, -0.05) is 37.8 Å². The number of thioether (sulfide) groups is 1. The first kappa shape index (κ1) is 12.3. The summed E-state index contributed by atoms with van der Waals surface area (Å²) in [5, 5.41) is 3.80. The molecule has 1 heterocycles. The molecule has 3 unspecified atom stereocenters. The molecule has 0 aromatic carbocycles. The van der Waals surface area contributed by atoms with Crippen LogP contribution in [-0.4, -0.2) is 21.9 Å². The van der Waals surface area contributed by atoms with Crippen LogP contribution in [0.15, 0.2) is 17.1 Å². The SMILES string of the molecule is CC(C)[C@]1(C)SC(=NC2CC3C=CC2C3)NC1=O. The molecule has 3 nitrogen and oxygen atoms in total. The number of aliphatic imine (C=N–C) groups is 1. The third-order valence-corrected chi connectivity index (χ3v) is 6.09. The van der Waals surface area contributed by atoms with Crippen molar-refractivity contribution >= 4 is 22.8 Å². The molecule has 1 N–H and O–H groups in total. The predicted molar refractivity (Wildman–Crippen MR) is 75.6 cm³/mol. The van der Waals surface area contributed by atoms with Gasteiger partial charge in [-0.25, -0.2) is 0 Å². The normalized spacial score (nSPS) is 44.3. The molecule has 2 fully saturated rings. The minimum absolute atomic E-state index is 0.111. The van der Waals surface area contributed by atoms with Gasteiger partial charge in [0, 0.05) is 0 Å². The lowest BCUT2D eigenvalue weighted by atomic mass is 9.96. The summed E-state index contributed by atoms with van der Waals surface area (Å²) in [5.74, 6) is 1.75. The fourth-order valence-electron chi connectivity index (χ4n) is 2.98. The van der Waals surface area contributed by atoms with Crippen LogP contribution in [-0.2, 0) is 4.79 Å². The van der Waals surface area contributed by atoms with Gasteiger partial charge in [-0.3, -0.25) is 9.79 Å². The van der Waals surface area contributed by atoms with Gasteiger partial charge < -0.3 is 5.32 Å². The van der Waals surface area contributed by atoms with Crippen LogP contribution in [0.1, 0.15) is 33.6 Å². The third-order valence-electron chi connectivity index (χ3n) is 4.61. The molecule has 3 rings (SSSR count). The van der Waals surface area contributed by atoms with E-state index in [1.165, 1.54) is 6.42 Å². The number of allylic oxidation sites excluding steroid dienone is 1. The highest BCUT2D eigenvalue weighted by molar-refractivity contribution is 8.16. The average molecular weight is 264 g/mol. The second kappa shape index (κ2) is 4.12. The fraction of sp³-hybridized carbons (Fsp3) is 0.714. The van der Waals surface area contributed by atoms with E-state index < -0.39 is 0 Å². The summed E-state index contributed by atoms with van der Waals surface area (Å²) in [4.78, 5) is 16.8. The topological polar surface area (TPSA) is 41.5 Å². The van der Waals surface area contributed by atoms with Crippen LogP contribution in [0.25, 0.3) is 0 Å². The van der Waals surface area contributed by atoms with Crippen LogP contribution in [0.3, 0.4) is 0 Å². The summed E-state index contributed by atoms with van der Waals surface area (Å²) < 4.78 is -0.355. The Labute approximate surface area is 113 Å². The number of fused-ring (bicyclic) bond motifs is 2. The van der Waals surface area contributed by atoms with Crippen molar-refractivity contribution in [2.24, 2.45) is 22.7 Å². The van der Waals surface area contributed by atoms with Crippen molar-refractivity contribution in [3.8, 4) is 0 Å². The Balaban J connectivity index is 1.76. The predicted octanol–water partition coefficient (Wildman–Crippen LogP) is 2.58. The van der Waals surface area contributed by atoms with Gasteiger partial charge in [0.2, 0.25) is 5.91 Å². The van der Waals surface area contributed by atoms with E-state index >= 15 is 0 Å². The van der Waals surface area contributed by atoms with Crippen molar-refractivity contribution in [1.29, 1.82) is 0 Å². The van der Waals surface area contributed by atoms with E-state index in [-0.39, 0.29) is 10.7 Å².